The van der Waals surface area contributed by atoms with Gasteiger partial charge in [-0.05, 0) is 43.9 Å². The fraction of sp³-hybridized carbons (Fsp3) is 1.00. The van der Waals surface area contributed by atoms with Crippen LogP contribution in [-0.4, -0.2) is 17.8 Å². The highest BCUT2D eigenvalue weighted by atomic mass is 19.1. The Bertz CT molecular complexity index is 266. The second kappa shape index (κ2) is 4.53. The Balaban J connectivity index is 1.76. The molecule has 0 radical (unpaired) electrons. The summed E-state index contributed by atoms with van der Waals surface area (Å²) in [5.41, 5.74) is -0.835. The standard InChI is InChI=1S/C15H26FN/c1-2-11-5-3-4-6-14(11)15(16)9-12-7-8-13(10-15)17-12/h11-14,17H,2-10H2,1H3. The molecule has 98 valence electrons. The summed E-state index contributed by atoms with van der Waals surface area (Å²) in [4.78, 5) is 0. The minimum absolute atomic E-state index is 0.367. The maximum Gasteiger partial charge on any atom is 0.117 e. The molecule has 0 aromatic rings. The third-order valence-electron chi connectivity index (χ3n) is 5.60. The molecule has 0 spiro atoms. The largest absolute Gasteiger partial charge is 0.311 e. The molecular weight excluding hydrogens is 213 g/mol. The van der Waals surface area contributed by atoms with Crippen molar-refractivity contribution in [2.45, 2.75) is 82.5 Å². The van der Waals surface area contributed by atoms with Gasteiger partial charge in [-0.2, -0.15) is 0 Å². The SMILES string of the molecule is CCC1CCCCC1C1(F)CC2CCC(C1)N2. The van der Waals surface area contributed by atoms with E-state index in [9.17, 15) is 0 Å². The second-order valence-electron chi connectivity index (χ2n) is 6.64. The molecule has 2 aliphatic heterocycles. The molecule has 2 heterocycles. The molecule has 0 amide bonds. The highest BCUT2D eigenvalue weighted by Gasteiger charge is 2.50. The first-order valence-electron chi connectivity index (χ1n) is 7.66. The van der Waals surface area contributed by atoms with Gasteiger partial charge < -0.3 is 5.32 Å². The van der Waals surface area contributed by atoms with E-state index in [4.69, 9.17) is 0 Å². The number of hydrogen-bond acceptors (Lipinski definition) is 1. The number of piperidine rings is 1. The molecule has 2 bridgehead atoms. The van der Waals surface area contributed by atoms with E-state index in [0.717, 1.165) is 19.3 Å². The number of hydrogen-bond donors (Lipinski definition) is 1. The number of alkyl halides is 1. The molecule has 2 saturated heterocycles. The molecule has 4 atom stereocenters. The summed E-state index contributed by atoms with van der Waals surface area (Å²) >= 11 is 0. The van der Waals surface area contributed by atoms with Crippen LogP contribution in [0.4, 0.5) is 4.39 Å². The molecule has 3 fully saturated rings. The van der Waals surface area contributed by atoms with Crippen LogP contribution in [0.1, 0.15) is 64.7 Å². The van der Waals surface area contributed by atoms with Crippen molar-refractivity contribution in [2.24, 2.45) is 11.8 Å². The number of rotatable bonds is 2. The maximum absolute atomic E-state index is 15.4. The van der Waals surface area contributed by atoms with E-state index < -0.39 is 5.67 Å². The van der Waals surface area contributed by atoms with E-state index in [2.05, 4.69) is 12.2 Å². The summed E-state index contributed by atoms with van der Waals surface area (Å²) in [6.45, 7) is 2.25. The van der Waals surface area contributed by atoms with Crippen LogP contribution < -0.4 is 5.32 Å². The Kier molecular flexibility index (Phi) is 3.18. The third-order valence-corrected chi connectivity index (χ3v) is 5.60. The Morgan fingerprint density at radius 2 is 1.71 bits per heavy atom. The number of nitrogens with one attached hydrogen (secondary N) is 1. The number of halogens is 1. The van der Waals surface area contributed by atoms with E-state index in [0.29, 0.717) is 23.9 Å². The lowest BCUT2D eigenvalue weighted by Gasteiger charge is -2.45. The van der Waals surface area contributed by atoms with Gasteiger partial charge >= 0.3 is 0 Å². The molecule has 2 heteroatoms. The minimum atomic E-state index is -0.835. The molecule has 1 N–H and O–H groups in total. The molecule has 4 unspecified atom stereocenters. The lowest BCUT2D eigenvalue weighted by molar-refractivity contribution is -0.0213. The topological polar surface area (TPSA) is 12.0 Å². The van der Waals surface area contributed by atoms with Crippen molar-refractivity contribution >= 4 is 0 Å². The molecule has 1 saturated carbocycles. The predicted molar refractivity (Wildman–Crippen MR) is 68.8 cm³/mol. The minimum Gasteiger partial charge on any atom is -0.311 e. The van der Waals surface area contributed by atoms with Crippen LogP contribution in [0.15, 0.2) is 0 Å². The molecule has 3 aliphatic rings. The molecule has 3 rings (SSSR count). The van der Waals surface area contributed by atoms with Gasteiger partial charge in [0.25, 0.3) is 0 Å². The van der Waals surface area contributed by atoms with Crippen molar-refractivity contribution in [3.8, 4) is 0 Å². The summed E-state index contributed by atoms with van der Waals surface area (Å²) in [5.74, 6) is 1.03. The Hall–Kier alpha value is -0.110. The summed E-state index contributed by atoms with van der Waals surface area (Å²) in [5, 5.41) is 3.58. The molecule has 1 nitrogen and oxygen atoms in total. The lowest BCUT2D eigenvalue weighted by atomic mass is 9.66. The average Bonchev–Trinajstić information content (AvgIpc) is 2.69. The van der Waals surface area contributed by atoms with E-state index in [1.165, 1.54) is 38.5 Å². The van der Waals surface area contributed by atoms with Gasteiger partial charge in [0, 0.05) is 12.1 Å². The van der Waals surface area contributed by atoms with Gasteiger partial charge in [0.15, 0.2) is 0 Å². The van der Waals surface area contributed by atoms with Crippen molar-refractivity contribution in [3.63, 3.8) is 0 Å². The lowest BCUT2D eigenvalue weighted by Crippen LogP contribution is -2.51. The zero-order chi connectivity index (χ0) is 11.9. The van der Waals surface area contributed by atoms with Crippen molar-refractivity contribution in [1.29, 1.82) is 0 Å². The van der Waals surface area contributed by atoms with Crippen LogP contribution in [0.2, 0.25) is 0 Å². The summed E-state index contributed by atoms with van der Waals surface area (Å²) in [6, 6.07) is 0.969. The first-order chi connectivity index (χ1) is 8.21. The summed E-state index contributed by atoms with van der Waals surface area (Å²) < 4.78 is 15.4. The fourth-order valence-corrected chi connectivity index (χ4v) is 4.81. The molecule has 1 aliphatic carbocycles. The van der Waals surface area contributed by atoms with E-state index >= 15 is 4.39 Å². The van der Waals surface area contributed by atoms with Crippen LogP contribution in [0.5, 0.6) is 0 Å². The van der Waals surface area contributed by atoms with Crippen molar-refractivity contribution in [1.82, 2.24) is 5.32 Å². The zero-order valence-electron chi connectivity index (χ0n) is 11.1. The van der Waals surface area contributed by atoms with E-state index in [-0.39, 0.29) is 0 Å². The molecule has 17 heavy (non-hydrogen) atoms. The van der Waals surface area contributed by atoms with Crippen molar-refractivity contribution in [2.75, 3.05) is 0 Å². The Morgan fingerprint density at radius 1 is 1.06 bits per heavy atom. The summed E-state index contributed by atoms with van der Waals surface area (Å²) in [6.07, 6.45) is 10.2. The van der Waals surface area contributed by atoms with Crippen LogP contribution in [-0.2, 0) is 0 Å². The van der Waals surface area contributed by atoms with Crippen LogP contribution >= 0.6 is 0 Å². The van der Waals surface area contributed by atoms with Gasteiger partial charge in [-0.15, -0.1) is 0 Å². The maximum atomic E-state index is 15.4. The predicted octanol–water partition coefficient (Wildman–Crippen LogP) is 3.83. The monoisotopic (exact) mass is 239 g/mol. The highest BCUT2D eigenvalue weighted by Crippen LogP contribution is 2.49. The van der Waals surface area contributed by atoms with Gasteiger partial charge in [-0.3, -0.25) is 0 Å². The van der Waals surface area contributed by atoms with Gasteiger partial charge in [-0.25, -0.2) is 4.39 Å². The smallest absolute Gasteiger partial charge is 0.117 e. The second-order valence-corrected chi connectivity index (χ2v) is 6.64. The third kappa shape index (κ3) is 2.14. The average molecular weight is 239 g/mol. The molecular formula is C15H26FN. The zero-order valence-corrected chi connectivity index (χ0v) is 11.1. The first-order valence-corrected chi connectivity index (χ1v) is 7.66. The Morgan fingerprint density at radius 3 is 2.35 bits per heavy atom. The highest BCUT2D eigenvalue weighted by molar-refractivity contribution is 5.04. The fourth-order valence-electron chi connectivity index (χ4n) is 4.81. The van der Waals surface area contributed by atoms with E-state index in [1.807, 2.05) is 0 Å². The quantitative estimate of drug-likeness (QED) is 0.772. The molecule has 0 aromatic heterocycles. The first kappa shape index (κ1) is 12.0. The van der Waals surface area contributed by atoms with E-state index in [1.54, 1.807) is 0 Å². The normalized spacial score (nSPS) is 50.5. The Labute approximate surface area is 105 Å². The number of fused-ring (bicyclic) bond motifs is 2. The van der Waals surface area contributed by atoms with Crippen LogP contribution in [0.3, 0.4) is 0 Å². The summed E-state index contributed by atoms with van der Waals surface area (Å²) in [7, 11) is 0. The van der Waals surface area contributed by atoms with Crippen molar-refractivity contribution < 1.29 is 4.39 Å². The molecule has 0 aromatic carbocycles. The van der Waals surface area contributed by atoms with Crippen LogP contribution in [0.25, 0.3) is 0 Å². The van der Waals surface area contributed by atoms with Crippen molar-refractivity contribution in [3.05, 3.63) is 0 Å². The van der Waals surface area contributed by atoms with Gasteiger partial charge in [0.1, 0.15) is 5.67 Å². The van der Waals surface area contributed by atoms with Gasteiger partial charge in [0.05, 0.1) is 0 Å². The van der Waals surface area contributed by atoms with Crippen LogP contribution in [0, 0.1) is 11.8 Å². The van der Waals surface area contributed by atoms with Gasteiger partial charge in [0.2, 0.25) is 0 Å². The van der Waals surface area contributed by atoms with Gasteiger partial charge in [-0.1, -0.05) is 32.6 Å².